The number of carboxylic acids is 1. The molecule has 0 aliphatic heterocycles. The van der Waals surface area contributed by atoms with Gasteiger partial charge >= 0.3 is 5.97 Å². The van der Waals surface area contributed by atoms with Gasteiger partial charge in [0.1, 0.15) is 11.8 Å². The van der Waals surface area contributed by atoms with E-state index >= 15 is 0 Å². The molecule has 0 saturated carbocycles. The zero-order valence-electron chi connectivity index (χ0n) is 7.04. The predicted molar refractivity (Wildman–Crippen MR) is 48.6 cm³/mol. The molecule has 1 aromatic heterocycles. The number of aromatic carboxylic acids is 1. The molecule has 7 heteroatoms. The standard InChI is InChI=1S/C8H3BrF2N2O2/c9-5-4(7(10)11)1-3(2-12)13-6(5)8(14)15/h1,7H,(H,14,15). The molecule has 1 aromatic rings. The van der Waals surface area contributed by atoms with Gasteiger partial charge < -0.3 is 5.11 Å². The van der Waals surface area contributed by atoms with Crippen LogP contribution in [0.2, 0.25) is 0 Å². The molecule has 0 aliphatic rings. The lowest BCUT2D eigenvalue weighted by molar-refractivity contribution is 0.0688. The van der Waals surface area contributed by atoms with Crippen LogP contribution in [0, 0.1) is 11.3 Å². The van der Waals surface area contributed by atoms with Gasteiger partial charge in [-0.1, -0.05) is 0 Å². The Morgan fingerprint density at radius 3 is 2.67 bits per heavy atom. The first-order valence-corrected chi connectivity index (χ1v) is 4.38. The van der Waals surface area contributed by atoms with Gasteiger partial charge in [-0.3, -0.25) is 0 Å². The number of carbonyl (C=O) groups is 1. The Labute approximate surface area is 91.3 Å². The zero-order chi connectivity index (χ0) is 11.6. The van der Waals surface area contributed by atoms with E-state index in [1.807, 2.05) is 0 Å². The lowest BCUT2D eigenvalue weighted by Crippen LogP contribution is -2.06. The number of alkyl halides is 2. The summed E-state index contributed by atoms with van der Waals surface area (Å²) in [5, 5.41) is 17.1. The Bertz CT molecular complexity index is 457. The molecule has 0 amide bonds. The van der Waals surface area contributed by atoms with Crippen LogP contribution in [-0.4, -0.2) is 16.1 Å². The molecule has 1 rings (SSSR count). The number of halogens is 3. The maximum absolute atomic E-state index is 12.4. The van der Waals surface area contributed by atoms with Crippen LogP contribution in [0.3, 0.4) is 0 Å². The number of pyridine rings is 1. The van der Waals surface area contributed by atoms with E-state index in [4.69, 9.17) is 10.4 Å². The van der Waals surface area contributed by atoms with Crippen LogP contribution in [-0.2, 0) is 0 Å². The SMILES string of the molecule is N#Cc1cc(C(F)F)c(Br)c(C(=O)O)n1. The molecule has 78 valence electrons. The molecular weight excluding hydrogens is 274 g/mol. The van der Waals surface area contributed by atoms with E-state index in [9.17, 15) is 13.6 Å². The molecule has 0 aliphatic carbocycles. The largest absolute Gasteiger partial charge is 0.476 e. The number of carboxylic acid groups (broad SMARTS) is 1. The highest BCUT2D eigenvalue weighted by molar-refractivity contribution is 9.10. The van der Waals surface area contributed by atoms with Crippen molar-refractivity contribution in [2.45, 2.75) is 6.43 Å². The predicted octanol–water partition coefficient (Wildman–Crippen LogP) is 2.35. The molecule has 0 aromatic carbocycles. The Balaban J connectivity index is 3.49. The van der Waals surface area contributed by atoms with E-state index in [0.29, 0.717) is 0 Å². The summed E-state index contributed by atoms with van der Waals surface area (Å²) >= 11 is 2.71. The maximum Gasteiger partial charge on any atom is 0.355 e. The van der Waals surface area contributed by atoms with Crippen molar-refractivity contribution in [3.05, 3.63) is 27.5 Å². The minimum atomic E-state index is -2.87. The summed E-state index contributed by atoms with van der Waals surface area (Å²) in [5.74, 6) is -1.47. The van der Waals surface area contributed by atoms with Crippen LogP contribution in [0.15, 0.2) is 10.5 Å². The van der Waals surface area contributed by atoms with Crippen molar-refractivity contribution < 1.29 is 18.7 Å². The van der Waals surface area contributed by atoms with Gasteiger partial charge in [0.05, 0.1) is 4.47 Å². The normalized spacial score (nSPS) is 10.1. The van der Waals surface area contributed by atoms with Gasteiger partial charge in [0.15, 0.2) is 5.69 Å². The van der Waals surface area contributed by atoms with Crippen molar-refractivity contribution in [1.82, 2.24) is 4.98 Å². The highest BCUT2D eigenvalue weighted by Crippen LogP contribution is 2.29. The van der Waals surface area contributed by atoms with Crippen LogP contribution in [0.5, 0.6) is 0 Å². The van der Waals surface area contributed by atoms with Gasteiger partial charge in [-0.25, -0.2) is 18.6 Å². The van der Waals surface area contributed by atoms with Gasteiger partial charge in [-0.15, -0.1) is 0 Å². The van der Waals surface area contributed by atoms with Crippen LogP contribution >= 0.6 is 15.9 Å². The lowest BCUT2D eigenvalue weighted by Gasteiger charge is -2.05. The molecule has 0 radical (unpaired) electrons. The second kappa shape index (κ2) is 4.31. The first kappa shape index (κ1) is 11.5. The summed E-state index contributed by atoms with van der Waals surface area (Å²) in [6.07, 6.45) is -2.87. The average molecular weight is 277 g/mol. The molecule has 4 nitrogen and oxygen atoms in total. The van der Waals surface area contributed by atoms with Crippen molar-refractivity contribution in [2.75, 3.05) is 0 Å². The molecule has 0 spiro atoms. The Kier molecular flexibility index (Phi) is 3.31. The lowest BCUT2D eigenvalue weighted by atomic mass is 10.2. The van der Waals surface area contributed by atoms with Crippen molar-refractivity contribution in [2.24, 2.45) is 0 Å². The van der Waals surface area contributed by atoms with Gasteiger partial charge in [0.2, 0.25) is 0 Å². The van der Waals surface area contributed by atoms with Crippen LogP contribution in [0.25, 0.3) is 0 Å². The van der Waals surface area contributed by atoms with E-state index in [-0.39, 0.29) is 10.2 Å². The molecule has 0 fully saturated rings. The highest BCUT2D eigenvalue weighted by Gasteiger charge is 2.21. The van der Waals surface area contributed by atoms with Gasteiger partial charge in [-0.05, 0) is 22.0 Å². The summed E-state index contributed by atoms with van der Waals surface area (Å²) in [7, 11) is 0. The van der Waals surface area contributed by atoms with E-state index in [0.717, 1.165) is 6.07 Å². The quantitative estimate of drug-likeness (QED) is 0.900. The minimum absolute atomic E-state index is 0.302. The topological polar surface area (TPSA) is 74.0 Å². The summed E-state index contributed by atoms with van der Waals surface area (Å²) in [6, 6.07) is 2.36. The zero-order valence-corrected chi connectivity index (χ0v) is 8.62. The van der Waals surface area contributed by atoms with E-state index in [2.05, 4.69) is 20.9 Å². The molecular formula is C8H3BrF2N2O2. The first-order valence-electron chi connectivity index (χ1n) is 3.59. The summed E-state index contributed by atoms with van der Waals surface area (Å²) in [6.45, 7) is 0. The van der Waals surface area contributed by atoms with Crippen molar-refractivity contribution in [3.63, 3.8) is 0 Å². The number of rotatable bonds is 2. The fourth-order valence-electron chi connectivity index (χ4n) is 0.907. The third-order valence-corrected chi connectivity index (χ3v) is 2.37. The number of nitrogens with zero attached hydrogens (tertiary/aromatic N) is 2. The van der Waals surface area contributed by atoms with Crippen LogP contribution < -0.4 is 0 Å². The molecule has 1 heterocycles. The van der Waals surface area contributed by atoms with Gasteiger partial charge in [0, 0.05) is 5.56 Å². The highest BCUT2D eigenvalue weighted by atomic mass is 79.9. The van der Waals surface area contributed by atoms with E-state index in [1.165, 1.54) is 6.07 Å². The maximum atomic E-state index is 12.4. The summed E-state index contributed by atoms with van der Waals surface area (Å²) in [4.78, 5) is 14.0. The average Bonchev–Trinajstić information content (AvgIpc) is 2.17. The second-order valence-corrected chi connectivity index (χ2v) is 3.27. The number of nitriles is 1. The Hall–Kier alpha value is -1.55. The molecule has 1 N–H and O–H groups in total. The van der Waals surface area contributed by atoms with Gasteiger partial charge in [0.25, 0.3) is 6.43 Å². The fraction of sp³-hybridized carbons (Fsp3) is 0.125. The number of hydrogen-bond donors (Lipinski definition) is 1. The summed E-state index contributed by atoms with van der Waals surface area (Å²) in [5.41, 5.74) is -1.51. The molecule has 0 unspecified atom stereocenters. The summed E-state index contributed by atoms with van der Waals surface area (Å²) < 4.78 is 24.6. The van der Waals surface area contributed by atoms with Crippen LogP contribution in [0.4, 0.5) is 8.78 Å². The van der Waals surface area contributed by atoms with E-state index in [1.54, 1.807) is 0 Å². The van der Waals surface area contributed by atoms with E-state index < -0.39 is 23.7 Å². The van der Waals surface area contributed by atoms with Crippen LogP contribution in [0.1, 0.15) is 28.2 Å². The number of hydrogen-bond acceptors (Lipinski definition) is 3. The molecule has 0 bridgehead atoms. The fourth-order valence-corrected chi connectivity index (χ4v) is 1.45. The third kappa shape index (κ3) is 2.27. The Morgan fingerprint density at radius 1 is 1.67 bits per heavy atom. The third-order valence-electron chi connectivity index (χ3n) is 1.54. The smallest absolute Gasteiger partial charge is 0.355 e. The van der Waals surface area contributed by atoms with Crippen molar-refractivity contribution >= 4 is 21.9 Å². The molecule has 0 atom stereocenters. The van der Waals surface area contributed by atoms with Gasteiger partial charge in [-0.2, -0.15) is 5.26 Å². The molecule has 15 heavy (non-hydrogen) atoms. The Morgan fingerprint density at radius 2 is 2.27 bits per heavy atom. The molecule has 0 saturated heterocycles. The minimum Gasteiger partial charge on any atom is -0.476 e. The number of aromatic nitrogens is 1. The monoisotopic (exact) mass is 276 g/mol. The van der Waals surface area contributed by atoms with Crippen molar-refractivity contribution in [3.8, 4) is 6.07 Å². The second-order valence-electron chi connectivity index (χ2n) is 2.48. The van der Waals surface area contributed by atoms with Crippen molar-refractivity contribution in [1.29, 1.82) is 5.26 Å². The first-order chi connectivity index (χ1) is 6.97.